The minimum Gasteiger partial charge on any atom is -0.295 e. The van der Waals surface area contributed by atoms with Gasteiger partial charge in [0.1, 0.15) is 0 Å². The van der Waals surface area contributed by atoms with Crippen molar-refractivity contribution in [2.24, 2.45) is 0 Å². The Balaban J connectivity index is 0.000000158. The summed E-state index contributed by atoms with van der Waals surface area (Å²) >= 11 is 0. The number of benzene rings is 10. The number of hydrogen-bond acceptors (Lipinski definition) is 2. The zero-order chi connectivity index (χ0) is 56.2. The molecule has 0 saturated heterocycles. The molecule has 0 amide bonds. The van der Waals surface area contributed by atoms with Crippen molar-refractivity contribution < 1.29 is 9.59 Å². The van der Waals surface area contributed by atoms with Crippen molar-refractivity contribution in [2.45, 2.75) is 113 Å². The normalized spacial score (nSPS) is 11.7. The molecule has 10 aromatic rings. The van der Waals surface area contributed by atoms with Crippen LogP contribution in [0.3, 0.4) is 0 Å². The van der Waals surface area contributed by atoms with E-state index in [4.69, 9.17) is 0 Å². The first-order valence-electron chi connectivity index (χ1n) is 28.9. The lowest BCUT2D eigenvalue weighted by Gasteiger charge is -2.21. The maximum atomic E-state index is 11.3. The van der Waals surface area contributed by atoms with Gasteiger partial charge in [0.25, 0.3) is 0 Å². The van der Waals surface area contributed by atoms with Gasteiger partial charge in [-0.15, -0.1) is 0 Å². The second kappa shape index (κ2) is 30.2. The summed E-state index contributed by atoms with van der Waals surface area (Å²) in [5, 5.41) is 0. The molecule has 1 aliphatic carbocycles. The number of ketones is 2. The lowest BCUT2D eigenvalue weighted by atomic mass is 9.84. The number of carbonyl (C=O) groups excluding carboxylic acids is 2. The Bertz CT molecular complexity index is 3330. The van der Waals surface area contributed by atoms with E-state index in [0.29, 0.717) is 0 Å². The van der Waals surface area contributed by atoms with E-state index in [0.717, 1.165) is 58.6 Å². The summed E-state index contributed by atoms with van der Waals surface area (Å²) in [6.07, 6.45) is 10.3. The van der Waals surface area contributed by atoms with Crippen molar-refractivity contribution in [1.29, 1.82) is 0 Å². The lowest BCUT2D eigenvalue weighted by molar-refractivity contribution is 0.100. The number of hydrogen-bond donors (Lipinski definition) is 0. The van der Waals surface area contributed by atoms with Crippen LogP contribution in [0.1, 0.15) is 134 Å². The molecule has 10 aromatic carbocycles. The zero-order valence-electron chi connectivity index (χ0n) is 48.1. The molecule has 11 rings (SSSR count). The lowest BCUT2D eigenvalue weighted by Crippen LogP contribution is -2.04. The van der Waals surface area contributed by atoms with Crippen LogP contribution in [0.15, 0.2) is 243 Å². The molecule has 1 fully saturated rings. The van der Waals surface area contributed by atoms with Crippen molar-refractivity contribution in [3.05, 3.63) is 287 Å². The summed E-state index contributed by atoms with van der Waals surface area (Å²) in [6.45, 7) is 14.0. The summed E-state index contributed by atoms with van der Waals surface area (Å²) in [7, 11) is 0. The molecule has 2 heteroatoms. The maximum Gasteiger partial charge on any atom is 0.159 e. The van der Waals surface area contributed by atoms with Gasteiger partial charge in [0.05, 0.1) is 0 Å². The average Bonchev–Trinajstić information content (AvgIpc) is 3.53. The largest absolute Gasteiger partial charge is 0.295 e. The fraction of sp³-hybridized carbons (Fsp3) is 0.215. The van der Waals surface area contributed by atoms with Crippen LogP contribution in [0.2, 0.25) is 0 Å². The van der Waals surface area contributed by atoms with Gasteiger partial charge in [0, 0.05) is 11.1 Å². The van der Waals surface area contributed by atoms with Gasteiger partial charge in [-0.2, -0.15) is 0 Å². The van der Waals surface area contributed by atoms with Gasteiger partial charge in [-0.05, 0) is 155 Å². The molecule has 0 heterocycles. The molecule has 2 nitrogen and oxygen atoms in total. The summed E-state index contributed by atoms with van der Waals surface area (Å²) in [6, 6.07) is 85.5. The standard InChI is InChI=1S/2C22H20O.C21H20.C13H18.CH4/c2*1-3-17-4-6-19(7-5-17)21-12-14-22(15-13-21)20-10-8-18(9-11-20)16(2)23;1-3-17-6-10-19(11-7-17)21-14-12-20(13-15-21)18-8-4-16(2)5-9-18;1-11-7-9-13(10-8-11)12-5-3-2-4-6-12;/h2*4-15H,3H2,1-2H3;4-15H,3H2,1-2H3;7-10,12H,2-6H2,1H3;1H4. The van der Waals surface area contributed by atoms with Crippen LogP contribution < -0.4 is 0 Å². The summed E-state index contributed by atoms with van der Waals surface area (Å²) in [4.78, 5) is 22.7. The second-order valence-corrected chi connectivity index (χ2v) is 21.3. The van der Waals surface area contributed by atoms with Crippen LogP contribution in [0.5, 0.6) is 0 Å². The van der Waals surface area contributed by atoms with E-state index in [1.165, 1.54) is 104 Å². The van der Waals surface area contributed by atoms with Gasteiger partial charge in [-0.25, -0.2) is 0 Å². The van der Waals surface area contributed by atoms with Crippen molar-refractivity contribution in [3.63, 3.8) is 0 Å². The van der Waals surface area contributed by atoms with Gasteiger partial charge in [-0.1, -0.05) is 301 Å². The highest BCUT2D eigenvalue weighted by Crippen LogP contribution is 2.33. The third-order valence-corrected chi connectivity index (χ3v) is 15.5. The predicted octanol–water partition coefficient (Wildman–Crippen LogP) is 22.1. The molecule has 1 aliphatic rings. The van der Waals surface area contributed by atoms with Crippen molar-refractivity contribution in [2.75, 3.05) is 0 Å². The molecule has 0 aromatic heterocycles. The first-order chi connectivity index (χ1) is 39.0. The highest BCUT2D eigenvalue weighted by Gasteiger charge is 2.15. The number of rotatable bonds is 12. The summed E-state index contributed by atoms with van der Waals surface area (Å²) in [5.74, 6) is 1.05. The Labute approximate surface area is 485 Å². The molecule has 410 valence electrons. The summed E-state index contributed by atoms with van der Waals surface area (Å²) < 4.78 is 0. The zero-order valence-corrected chi connectivity index (χ0v) is 48.1. The smallest absolute Gasteiger partial charge is 0.159 e. The molecule has 1 saturated carbocycles. The molecule has 0 bridgehead atoms. The predicted molar refractivity (Wildman–Crippen MR) is 349 cm³/mol. The van der Waals surface area contributed by atoms with Gasteiger partial charge in [0.15, 0.2) is 11.6 Å². The molecule has 0 aliphatic heterocycles. The Morgan fingerprint density at radius 3 is 0.716 bits per heavy atom. The van der Waals surface area contributed by atoms with Crippen LogP contribution in [0.4, 0.5) is 0 Å². The van der Waals surface area contributed by atoms with E-state index in [-0.39, 0.29) is 19.0 Å². The second-order valence-electron chi connectivity index (χ2n) is 21.3. The van der Waals surface area contributed by atoms with Crippen molar-refractivity contribution in [3.8, 4) is 66.8 Å². The van der Waals surface area contributed by atoms with E-state index in [9.17, 15) is 9.59 Å². The number of aryl methyl sites for hydroxylation is 5. The van der Waals surface area contributed by atoms with Gasteiger partial charge in [-0.3, -0.25) is 9.59 Å². The van der Waals surface area contributed by atoms with Crippen LogP contribution >= 0.6 is 0 Å². The van der Waals surface area contributed by atoms with Crippen LogP contribution in [-0.4, -0.2) is 11.6 Å². The number of carbonyl (C=O) groups is 2. The molecule has 0 atom stereocenters. The van der Waals surface area contributed by atoms with E-state index in [1.54, 1.807) is 19.4 Å². The third kappa shape index (κ3) is 17.3. The van der Waals surface area contributed by atoms with Crippen LogP contribution in [0.25, 0.3) is 66.8 Å². The van der Waals surface area contributed by atoms with E-state index in [1.807, 2.05) is 48.5 Å². The average molecular weight is 1060 g/mol. The van der Waals surface area contributed by atoms with Gasteiger partial charge < -0.3 is 0 Å². The highest BCUT2D eigenvalue weighted by molar-refractivity contribution is 5.95. The van der Waals surface area contributed by atoms with Gasteiger partial charge >= 0.3 is 0 Å². The monoisotopic (exact) mass is 1060 g/mol. The molecule has 0 spiro atoms. The third-order valence-electron chi connectivity index (χ3n) is 15.5. The highest BCUT2D eigenvalue weighted by atomic mass is 16.1. The van der Waals surface area contributed by atoms with E-state index < -0.39 is 0 Å². The molecule has 0 radical (unpaired) electrons. The van der Waals surface area contributed by atoms with Crippen molar-refractivity contribution in [1.82, 2.24) is 0 Å². The first kappa shape index (κ1) is 60.2. The van der Waals surface area contributed by atoms with E-state index >= 15 is 0 Å². The van der Waals surface area contributed by atoms with Gasteiger partial charge in [0.2, 0.25) is 0 Å². The maximum absolute atomic E-state index is 11.3. The molecular formula is C79H82O2. The van der Waals surface area contributed by atoms with Crippen molar-refractivity contribution >= 4 is 11.6 Å². The minimum absolute atomic E-state index is 0. The first-order valence-corrected chi connectivity index (χ1v) is 28.9. The Morgan fingerprint density at radius 2 is 0.494 bits per heavy atom. The molecule has 0 N–H and O–H groups in total. The topological polar surface area (TPSA) is 34.1 Å². The Hall–Kier alpha value is -8.46. The summed E-state index contributed by atoms with van der Waals surface area (Å²) in [5.41, 5.74) is 24.4. The minimum atomic E-state index is 0. The fourth-order valence-electron chi connectivity index (χ4n) is 10.2. The quantitative estimate of drug-likeness (QED) is 0.114. The molecule has 0 unspecified atom stereocenters. The SMILES string of the molecule is C.CCc1ccc(-c2ccc(-c3ccc(C(C)=O)cc3)cc2)cc1.CCc1ccc(-c2ccc(-c3ccc(C(C)=O)cc3)cc2)cc1.CCc1ccc(-c2ccc(-c3ccc(C)cc3)cc2)cc1.Cc1ccc(C2CCCCC2)cc1. The Kier molecular flexibility index (Phi) is 22.5. The Morgan fingerprint density at radius 1 is 0.296 bits per heavy atom. The number of Topliss-reactive ketones (excluding diaryl/α,β-unsaturated/α-hetero) is 2. The van der Waals surface area contributed by atoms with Crippen LogP contribution in [-0.2, 0) is 19.3 Å². The fourth-order valence-corrected chi connectivity index (χ4v) is 10.2. The van der Waals surface area contributed by atoms with Crippen LogP contribution in [0, 0.1) is 13.8 Å². The molecular weight excluding hydrogens is 981 g/mol. The van der Waals surface area contributed by atoms with E-state index in [2.05, 4.69) is 229 Å². The molecule has 81 heavy (non-hydrogen) atoms.